The summed E-state index contributed by atoms with van der Waals surface area (Å²) < 4.78 is 5.85. The lowest BCUT2D eigenvalue weighted by Crippen LogP contribution is -2.40. The van der Waals surface area contributed by atoms with Crippen molar-refractivity contribution in [2.75, 3.05) is 6.61 Å². The number of aliphatic hydroxyl groups excluding tert-OH is 1. The molecule has 92 valence electrons. The van der Waals surface area contributed by atoms with Crippen molar-refractivity contribution in [3.63, 3.8) is 0 Å². The molecular weight excluding hydrogens is 290 g/mol. The third-order valence-corrected chi connectivity index (χ3v) is 3.48. The van der Waals surface area contributed by atoms with Gasteiger partial charge in [-0.15, -0.1) is 0 Å². The van der Waals surface area contributed by atoms with Crippen molar-refractivity contribution >= 4 is 15.9 Å². The lowest BCUT2D eigenvalue weighted by molar-refractivity contribution is -0.538. The minimum Gasteiger partial charge on any atom is -0.368 e. The van der Waals surface area contributed by atoms with E-state index < -0.39 is 12.3 Å². The molecule has 1 aromatic rings. The highest BCUT2D eigenvalue weighted by atomic mass is 79.9. The van der Waals surface area contributed by atoms with Crippen molar-refractivity contribution in [1.29, 1.82) is 0 Å². The predicted molar refractivity (Wildman–Crippen MR) is 64.2 cm³/mol. The van der Waals surface area contributed by atoms with E-state index in [4.69, 9.17) is 4.74 Å². The molecule has 1 aliphatic heterocycles. The van der Waals surface area contributed by atoms with Crippen LogP contribution < -0.4 is 0 Å². The smallest absolute Gasteiger partial charge is 0.243 e. The summed E-state index contributed by atoms with van der Waals surface area (Å²) in [4.78, 5) is 10.6. The molecule has 1 fully saturated rings. The molecule has 6 heteroatoms. The van der Waals surface area contributed by atoms with Crippen molar-refractivity contribution in [2.24, 2.45) is 0 Å². The molecule has 0 amide bonds. The summed E-state index contributed by atoms with van der Waals surface area (Å²) in [5.41, 5.74) is 0.859. The van der Waals surface area contributed by atoms with Crippen molar-refractivity contribution in [2.45, 2.75) is 24.7 Å². The first-order chi connectivity index (χ1) is 8.08. The third kappa shape index (κ3) is 2.83. The molecule has 0 aliphatic carbocycles. The first kappa shape index (κ1) is 12.5. The molecule has 3 atom stereocenters. The normalized spacial score (nSPS) is 28.9. The van der Waals surface area contributed by atoms with Gasteiger partial charge in [0.15, 0.2) is 6.29 Å². The Morgan fingerprint density at radius 2 is 2.06 bits per heavy atom. The number of hydrogen-bond acceptors (Lipinski definition) is 4. The molecular formula is C11H12BrNO4. The van der Waals surface area contributed by atoms with Gasteiger partial charge in [0.1, 0.15) is 6.61 Å². The number of ether oxygens (including phenoxy) is 1. The SMILES string of the molecule is O=[N+]([O-])[C@@H]1CO[C@@H](O)C[C@H]1c1ccc(Br)cc1. The van der Waals surface area contributed by atoms with E-state index >= 15 is 0 Å². The zero-order valence-corrected chi connectivity index (χ0v) is 10.5. The number of nitrogens with zero attached hydrogens (tertiary/aromatic N) is 1. The van der Waals surface area contributed by atoms with Crippen LogP contribution in [0.3, 0.4) is 0 Å². The van der Waals surface area contributed by atoms with Crippen molar-refractivity contribution in [3.05, 3.63) is 44.4 Å². The van der Waals surface area contributed by atoms with Crippen LogP contribution >= 0.6 is 15.9 Å². The Bertz CT molecular complexity index is 408. The molecule has 0 spiro atoms. The van der Waals surface area contributed by atoms with Gasteiger partial charge in [0.05, 0.1) is 5.92 Å². The highest BCUT2D eigenvalue weighted by Gasteiger charge is 2.39. The van der Waals surface area contributed by atoms with Crippen molar-refractivity contribution < 1.29 is 14.8 Å². The van der Waals surface area contributed by atoms with Gasteiger partial charge in [-0.1, -0.05) is 28.1 Å². The van der Waals surface area contributed by atoms with Crippen LogP contribution in [0.15, 0.2) is 28.7 Å². The number of rotatable bonds is 2. The molecule has 0 bridgehead atoms. The average Bonchev–Trinajstić information content (AvgIpc) is 2.29. The summed E-state index contributed by atoms with van der Waals surface area (Å²) >= 11 is 3.32. The predicted octanol–water partition coefficient (Wildman–Crippen LogP) is 1.92. The Morgan fingerprint density at radius 1 is 1.41 bits per heavy atom. The molecule has 1 saturated heterocycles. The number of benzene rings is 1. The van der Waals surface area contributed by atoms with Gasteiger partial charge in [-0.2, -0.15) is 0 Å². The second-order valence-electron chi connectivity index (χ2n) is 4.03. The Hall–Kier alpha value is -0.980. The van der Waals surface area contributed by atoms with Gasteiger partial charge in [-0.05, 0) is 17.7 Å². The van der Waals surface area contributed by atoms with Crippen molar-refractivity contribution in [1.82, 2.24) is 0 Å². The molecule has 1 aromatic carbocycles. The van der Waals surface area contributed by atoms with Gasteiger partial charge < -0.3 is 9.84 Å². The lowest BCUT2D eigenvalue weighted by atomic mass is 9.87. The first-order valence-electron chi connectivity index (χ1n) is 5.26. The van der Waals surface area contributed by atoms with Crippen LogP contribution in [-0.2, 0) is 4.74 Å². The Labute approximate surface area is 107 Å². The summed E-state index contributed by atoms with van der Waals surface area (Å²) in [5, 5.41) is 20.4. The summed E-state index contributed by atoms with van der Waals surface area (Å²) in [5.74, 6) is -0.304. The average molecular weight is 302 g/mol. The molecule has 17 heavy (non-hydrogen) atoms. The second kappa shape index (κ2) is 5.12. The van der Waals surface area contributed by atoms with Crippen molar-refractivity contribution in [3.8, 4) is 0 Å². The summed E-state index contributed by atoms with van der Waals surface area (Å²) in [6.45, 7) is -0.0467. The quantitative estimate of drug-likeness (QED) is 0.669. The third-order valence-electron chi connectivity index (χ3n) is 2.95. The topological polar surface area (TPSA) is 72.6 Å². The van der Waals surface area contributed by atoms with Gasteiger partial charge >= 0.3 is 0 Å². The minimum absolute atomic E-state index is 0.0467. The molecule has 5 nitrogen and oxygen atoms in total. The van der Waals surface area contributed by atoms with E-state index in [2.05, 4.69) is 15.9 Å². The fourth-order valence-electron chi connectivity index (χ4n) is 2.04. The Morgan fingerprint density at radius 3 is 2.65 bits per heavy atom. The van der Waals surface area contributed by atoms with Gasteiger partial charge in [0.25, 0.3) is 0 Å². The zero-order valence-electron chi connectivity index (χ0n) is 8.95. The van der Waals surface area contributed by atoms with Gasteiger partial charge in [0.2, 0.25) is 6.04 Å². The van der Waals surface area contributed by atoms with E-state index in [-0.39, 0.29) is 23.9 Å². The molecule has 0 radical (unpaired) electrons. The molecule has 2 rings (SSSR count). The monoisotopic (exact) mass is 301 g/mol. The standard InChI is InChI=1S/C11H12BrNO4/c12-8-3-1-7(2-4-8)9-5-11(14)17-6-10(9)13(15)16/h1-4,9-11,14H,5-6H2/t9-,10+,11+/m0/s1. The minimum atomic E-state index is -0.917. The van der Waals surface area contributed by atoms with Gasteiger partial charge in [0, 0.05) is 15.8 Å². The Balaban J connectivity index is 2.25. The first-order valence-corrected chi connectivity index (χ1v) is 6.06. The summed E-state index contributed by atoms with van der Waals surface area (Å²) in [6, 6.07) is 6.56. The van der Waals surface area contributed by atoms with Gasteiger partial charge in [-0.3, -0.25) is 10.1 Å². The molecule has 1 heterocycles. The Kier molecular flexibility index (Phi) is 3.76. The fraction of sp³-hybridized carbons (Fsp3) is 0.455. The maximum Gasteiger partial charge on any atom is 0.243 e. The van der Waals surface area contributed by atoms with E-state index in [0.717, 1.165) is 10.0 Å². The fourth-order valence-corrected chi connectivity index (χ4v) is 2.31. The second-order valence-corrected chi connectivity index (χ2v) is 4.95. The largest absolute Gasteiger partial charge is 0.368 e. The number of halogens is 1. The molecule has 0 unspecified atom stereocenters. The van der Waals surface area contributed by atoms with Crippen LogP contribution in [0.4, 0.5) is 0 Å². The zero-order chi connectivity index (χ0) is 12.4. The van der Waals surface area contributed by atoms with Crippen LogP contribution in [0, 0.1) is 10.1 Å². The van der Waals surface area contributed by atoms with E-state index in [1.54, 1.807) is 0 Å². The number of nitro groups is 1. The van der Waals surface area contributed by atoms with E-state index in [1.165, 1.54) is 0 Å². The molecule has 0 aromatic heterocycles. The summed E-state index contributed by atoms with van der Waals surface area (Å²) in [6.07, 6.45) is -0.660. The number of aliphatic hydroxyl groups is 1. The van der Waals surface area contributed by atoms with Crippen LogP contribution in [0.1, 0.15) is 17.9 Å². The maximum atomic E-state index is 10.9. The van der Waals surface area contributed by atoms with E-state index in [9.17, 15) is 15.2 Å². The maximum absolute atomic E-state index is 10.9. The van der Waals surface area contributed by atoms with E-state index in [1.807, 2.05) is 24.3 Å². The van der Waals surface area contributed by atoms with Crippen LogP contribution in [0.25, 0.3) is 0 Å². The highest BCUT2D eigenvalue weighted by Crippen LogP contribution is 2.31. The molecule has 0 saturated carbocycles. The highest BCUT2D eigenvalue weighted by molar-refractivity contribution is 9.10. The lowest BCUT2D eigenvalue weighted by Gasteiger charge is -2.29. The van der Waals surface area contributed by atoms with Gasteiger partial charge in [-0.25, -0.2) is 0 Å². The van der Waals surface area contributed by atoms with Crippen LogP contribution in [-0.4, -0.2) is 29.0 Å². The number of hydrogen-bond donors (Lipinski definition) is 1. The van der Waals surface area contributed by atoms with Crippen LogP contribution in [0.5, 0.6) is 0 Å². The van der Waals surface area contributed by atoms with Crippen LogP contribution in [0.2, 0.25) is 0 Å². The molecule has 1 N–H and O–H groups in total. The summed E-state index contributed by atoms with van der Waals surface area (Å²) in [7, 11) is 0. The van der Waals surface area contributed by atoms with E-state index in [0.29, 0.717) is 0 Å². The molecule has 1 aliphatic rings.